The average Bonchev–Trinajstić information content (AvgIpc) is 2.40. The lowest BCUT2D eigenvalue weighted by Gasteiger charge is -2.37. The molecule has 2 aliphatic carbocycles. The minimum Gasteiger partial charge on any atom is -0.466 e. The Bertz CT molecular complexity index is 447. The van der Waals surface area contributed by atoms with Crippen molar-refractivity contribution in [3.8, 4) is 0 Å². The molecule has 2 rings (SSSR count). The van der Waals surface area contributed by atoms with Crippen molar-refractivity contribution in [2.45, 2.75) is 93.9 Å². The van der Waals surface area contributed by atoms with Gasteiger partial charge in [0.2, 0.25) is 0 Å². The van der Waals surface area contributed by atoms with E-state index in [1.165, 1.54) is 48.3 Å². The minimum absolute atomic E-state index is 0.409. The first-order chi connectivity index (χ1) is 10.5. The van der Waals surface area contributed by atoms with Gasteiger partial charge in [-0.2, -0.15) is 0 Å². The molecule has 1 nitrogen and oxygen atoms in total. The van der Waals surface area contributed by atoms with E-state index in [0.29, 0.717) is 10.8 Å². The van der Waals surface area contributed by atoms with Crippen molar-refractivity contribution in [1.29, 1.82) is 0 Å². The highest BCUT2D eigenvalue weighted by molar-refractivity contribution is 5.18. The molecule has 2 unspecified atom stereocenters. The van der Waals surface area contributed by atoms with Crippen LogP contribution in [-0.4, -0.2) is 0 Å². The summed E-state index contributed by atoms with van der Waals surface area (Å²) in [5.41, 5.74) is 3.78. The van der Waals surface area contributed by atoms with E-state index in [9.17, 15) is 0 Å². The first kappa shape index (κ1) is 18.6. The molecule has 0 aromatic rings. The van der Waals surface area contributed by atoms with Crippen LogP contribution in [0.5, 0.6) is 0 Å². The van der Waals surface area contributed by atoms with E-state index in [1.807, 2.05) is 0 Å². The van der Waals surface area contributed by atoms with Gasteiger partial charge in [-0.05, 0) is 73.3 Å². The van der Waals surface area contributed by atoms with E-state index < -0.39 is 0 Å². The van der Waals surface area contributed by atoms with Gasteiger partial charge in [-0.15, -0.1) is 0 Å². The summed E-state index contributed by atoms with van der Waals surface area (Å²) >= 11 is 0. The van der Waals surface area contributed by atoms with E-state index >= 15 is 0 Å². The second kappa shape index (κ2) is 6.65. The molecule has 0 saturated carbocycles. The molecule has 0 spiro atoms. The highest BCUT2D eigenvalue weighted by Gasteiger charge is 2.32. The fraction of sp³-hybridized carbons (Fsp3) is 0.818. The van der Waals surface area contributed by atoms with Crippen molar-refractivity contribution in [3.05, 3.63) is 22.7 Å². The Labute approximate surface area is 144 Å². The lowest BCUT2D eigenvalue weighted by molar-refractivity contribution is 0.160. The van der Waals surface area contributed by atoms with Crippen LogP contribution in [0.25, 0.3) is 0 Å². The van der Waals surface area contributed by atoms with E-state index in [2.05, 4.69) is 55.4 Å². The normalized spacial score (nSPS) is 27.5. The molecule has 0 aliphatic heterocycles. The van der Waals surface area contributed by atoms with Gasteiger partial charge in [0.05, 0.1) is 0 Å². The Kier molecular flexibility index (Phi) is 5.38. The van der Waals surface area contributed by atoms with Crippen molar-refractivity contribution in [2.24, 2.45) is 22.7 Å². The average molecular weight is 319 g/mol. The Hall–Kier alpha value is -0.720. The molecule has 0 saturated heterocycles. The van der Waals surface area contributed by atoms with Gasteiger partial charge < -0.3 is 4.74 Å². The maximum absolute atomic E-state index is 6.44. The van der Waals surface area contributed by atoms with Gasteiger partial charge in [-0.25, -0.2) is 0 Å². The maximum atomic E-state index is 6.44. The van der Waals surface area contributed by atoms with Crippen LogP contribution in [0, 0.1) is 22.7 Å². The highest BCUT2D eigenvalue weighted by atomic mass is 16.5. The molecule has 2 atom stereocenters. The van der Waals surface area contributed by atoms with Crippen LogP contribution in [0.15, 0.2) is 22.7 Å². The largest absolute Gasteiger partial charge is 0.466 e. The summed E-state index contributed by atoms with van der Waals surface area (Å²) in [6, 6.07) is 0. The number of hydrogen-bond acceptors (Lipinski definition) is 1. The van der Waals surface area contributed by atoms with Gasteiger partial charge in [-0.1, -0.05) is 41.5 Å². The summed E-state index contributed by atoms with van der Waals surface area (Å²) in [7, 11) is 0. The van der Waals surface area contributed by atoms with Gasteiger partial charge in [0, 0.05) is 12.8 Å². The van der Waals surface area contributed by atoms with Gasteiger partial charge in [0.1, 0.15) is 11.5 Å². The Morgan fingerprint density at radius 1 is 0.696 bits per heavy atom. The van der Waals surface area contributed by atoms with Crippen LogP contribution < -0.4 is 0 Å². The van der Waals surface area contributed by atoms with Crippen LogP contribution in [0.3, 0.4) is 0 Å². The summed E-state index contributed by atoms with van der Waals surface area (Å²) in [5, 5.41) is 0. The predicted octanol–water partition coefficient (Wildman–Crippen LogP) is 7.24. The molecule has 0 radical (unpaired) electrons. The third-order valence-corrected chi connectivity index (χ3v) is 6.19. The molecule has 1 heteroatoms. The predicted molar refractivity (Wildman–Crippen MR) is 100 cm³/mol. The number of hydrogen-bond donors (Lipinski definition) is 0. The zero-order valence-corrected chi connectivity index (χ0v) is 16.8. The zero-order chi connectivity index (χ0) is 17.4. The monoisotopic (exact) mass is 318 g/mol. The van der Waals surface area contributed by atoms with Crippen LogP contribution >= 0.6 is 0 Å². The third-order valence-electron chi connectivity index (χ3n) is 6.19. The van der Waals surface area contributed by atoms with Crippen LogP contribution in [-0.2, 0) is 4.74 Å². The van der Waals surface area contributed by atoms with E-state index in [4.69, 9.17) is 4.74 Å². The lowest BCUT2D eigenvalue weighted by atomic mass is 9.71. The molecule has 2 aliphatic rings. The maximum Gasteiger partial charge on any atom is 0.102 e. The summed E-state index contributed by atoms with van der Waals surface area (Å²) in [6.07, 6.45) is 7.19. The van der Waals surface area contributed by atoms with Crippen LogP contribution in [0.1, 0.15) is 93.9 Å². The quantitative estimate of drug-likeness (QED) is 0.521. The molecule has 0 heterocycles. The molecule has 0 aromatic heterocycles. The zero-order valence-electron chi connectivity index (χ0n) is 16.8. The molecule has 132 valence electrons. The topological polar surface area (TPSA) is 9.23 Å². The van der Waals surface area contributed by atoms with Gasteiger partial charge >= 0.3 is 0 Å². The Morgan fingerprint density at radius 2 is 1.04 bits per heavy atom. The fourth-order valence-electron chi connectivity index (χ4n) is 4.11. The van der Waals surface area contributed by atoms with Gasteiger partial charge in [-0.3, -0.25) is 0 Å². The van der Waals surface area contributed by atoms with Crippen LogP contribution in [0.2, 0.25) is 0 Å². The first-order valence-corrected chi connectivity index (χ1v) is 9.53. The molecule has 0 bridgehead atoms. The summed E-state index contributed by atoms with van der Waals surface area (Å²) < 4.78 is 6.44. The minimum atomic E-state index is 0.409. The second-order valence-corrected chi connectivity index (χ2v) is 10.1. The molecule has 0 fully saturated rings. The van der Waals surface area contributed by atoms with Crippen molar-refractivity contribution in [3.63, 3.8) is 0 Å². The third kappa shape index (κ3) is 4.64. The van der Waals surface area contributed by atoms with E-state index in [0.717, 1.165) is 24.7 Å². The second-order valence-electron chi connectivity index (χ2n) is 10.1. The Balaban J connectivity index is 2.05. The smallest absolute Gasteiger partial charge is 0.102 e. The summed E-state index contributed by atoms with van der Waals surface area (Å²) in [5.74, 6) is 4.13. The first-order valence-electron chi connectivity index (χ1n) is 9.53. The number of ether oxygens (including phenoxy) is 1. The fourth-order valence-corrected chi connectivity index (χ4v) is 4.11. The summed E-state index contributed by atoms with van der Waals surface area (Å²) in [6.45, 7) is 18.8. The number of allylic oxidation sites excluding steroid dienone is 4. The van der Waals surface area contributed by atoms with E-state index in [1.54, 1.807) is 0 Å². The SMILES string of the molecule is CC1=C(OC2=C(C)CC(C(C)(C)C)CC2)CCC(C(C)(C)C)C1. The van der Waals surface area contributed by atoms with Crippen molar-refractivity contribution < 1.29 is 4.74 Å². The van der Waals surface area contributed by atoms with Crippen molar-refractivity contribution >= 4 is 0 Å². The lowest BCUT2D eigenvalue weighted by Crippen LogP contribution is -2.25. The number of rotatable bonds is 2. The van der Waals surface area contributed by atoms with Crippen LogP contribution in [0.4, 0.5) is 0 Å². The Morgan fingerprint density at radius 3 is 1.30 bits per heavy atom. The van der Waals surface area contributed by atoms with E-state index in [-0.39, 0.29) is 0 Å². The van der Waals surface area contributed by atoms with Gasteiger partial charge in [0.25, 0.3) is 0 Å². The molecular weight excluding hydrogens is 280 g/mol. The standard InChI is InChI=1S/C22H38O/c1-15-13-17(21(3,4)5)9-11-19(15)23-20-12-10-18(14-16(20)2)22(6,7)8/h17-18H,9-14H2,1-8H3. The van der Waals surface area contributed by atoms with Crippen molar-refractivity contribution in [1.82, 2.24) is 0 Å². The molecule has 0 aromatic carbocycles. The van der Waals surface area contributed by atoms with Gasteiger partial charge in [0.15, 0.2) is 0 Å². The molecule has 0 amide bonds. The molecule has 0 N–H and O–H groups in total. The summed E-state index contributed by atoms with van der Waals surface area (Å²) in [4.78, 5) is 0. The van der Waals surface area contributed by atoms with Crippen molar-refractivity contribution in [2.75, 3.05) is 0 Å². The molecule has 23 heavy (non-hydrogen) atoms. The molecular formula is C22H38O. The highest BCUT2D eigenvalue weighted by Crippen LogP contribution is 2.44.